The van der Waals surface area contributed by atoms with Crippen LogP contribution in [0.5, 0.6) is 0 Å². The van der Waals surface area contributed by atoms with Crippen LogP contribution in [0.3, 0.4) is 0 Å². The SMILES string of the molecule is Br.O=C(c1ccc(F)cc1)C1CCNCC1. The molecule has 1 aromatic carbocycles. The van der Waals surface area contributed by atoms with Crippen LogP contribution in [0.2, 0.25) is 0 Å². The normalized spacial score (nSPS) is 16.6. The molecule has 0 spiro atoms. The first-order valence-corrected chi connectivity index (χ1v) is 5.28. The van der Waals surface area contributed by atoms with Gasteiger partial charge in [0.25, 0.3) is 0 Å². The van der Waals surface area contributed by atoms with Crippen molar-refractivity contribution in [3.05, 3.63) is 35.6 Å². The summed E-state index contributed by atoms with van der Waals surface area (Å²) >= 11 is 0. The average molecular weight is 288 g/mol. The van der Waals surface area contributed by atoms with Crippen molar-refractivity contribution in [1.29, 1.82) is 0 Å². The fraction of sp³-hybridized carbons (Fsp3) is 0.417. The number of hydrogen-bond donors (Lipinski definition) is 1. The maximum atomic E-state index is 12.7. The molecule has 0 radical (unpaired) electrons. The van der Waals surface area contributed by atoms with Crippen molar-refractivity contribution in [3.63, 3.8) is 0 Å². The van der Waals surface area contributed by atoms with Gasteiger partial charge in [0.1, 0.15) is 5.82 Å². The smallest absolute Gasteiger partial charge is 0.166 e. The summed E-state index contributed by atoms with van der Waals surface area (Å²) < 4.78 is 12.7. The van der Waals surface area contributed by atoms with Gasteiger partial charge in [-0.2, -0.15) is 0 Å². The zero-order valence-electron chi connectivity index (χ0n) is 8.91. The van der Waals surface area contributed by atoms with Gasteiger partial charge in [0, 0.05) is 11.5 Å². The lowest BCUT2D eigenvalue weighted by Gasteiger charge is -2.21. The Bertz CT molecular complexity index is 347. The van der Waals surface area contributed by atoms with Crippen LogP contribution in [-0.2, 0) is 0 Å². The maximum Gasteiger partial charge on any atom is 0.166 e. The molecule has 0 bridgehead atoms. The van der Waals surface area contributed by atoms with Crippen molar-refractivity contribution in [3.8, 4) is 0 Å². The number of Topliss-reactive ketones (excluding diaryl/α,β-unsaturated/α-hetero) is 1. The monoisotopic (exact) mass is 287 g/mol. The Labute approximate surface area is 105 Å². The Morgan fingerprint density at radius 1 is 1.19 bits per heavy atom. The van der Waals surface area contributed by atoms with Gasteiger partial charge in [-0.25, -0.2) is 4.39 Å². The Balaban J connectivity index is 0.00000128. The van der Waals surface area contributed by atoms with Crippen LogP contribution in [0.25, 0.3) is 0 Å². The second-order valence-corrected chi connectivity index (χ2v) is 3.90. The summed E-state index contributed by atoms with van der Waals surface area (Å²) in [5.41, 5.74) is 0.628. The summed E-state index contributed by atoms with van der Waals surface area (Å²) in [5.74, 6) is -0.0370. The molecule has 16 heavy (non-hydrogen) atoms. The van der Waals surface area contributed by atoms with Crippen LogP contribution in [0.15, 0.2) is 24.3 Å². The maximum absolute atomic E-state index is 12.7. The molecule has 0 atom stereocenters. The molecule has 88 valence electrons. The second kappa shape index (κ2) is 6.11. The van der Waals surface area contributed by atoms with Gasteiger partial charge < -0.3 is 5.32 Å². The van der Waals surface area contributed by atoms with E-state index in [2.05, 4.69) is 5.32 Å². The van der Waals surface area contributed by atoms with Crippen molar-refractivity contribution < 1.29 is 9.18 Å². The third-order valence-electron chi connectivity index (χ3n) is 2.84. The summed E-state index contributed by atoms with van der Waals surface area (Å²) in [6, 6.07) is 5.82. The molecule has 1 aliphatic rings. The third kappa shape index (κ3) is 3.12. The number of benzene rings is 1. The van der Waals surface area contributed by atoms with Crippen LogP contribution in [0, 0.1) is 11.7 Å². The molecular formula is C12H15BrFNO. The van der Waals surface area contributed by atoms with E-state index in [9.17, 15) is 9.18 Å². The quantitative estimate of drug-likeness (QED) is 0.847. The molecule has 4 heteroatoms. The lowest BCUT2D eigenvalue weighted by atomic mass is 9.90. The van der Waals surface area contributed by atoms with Gasteiger partial charge in [0.2, 0.25) is 0 Å². The van der Waals surface area contributed by atoms with Crippen LogP contribution in [-0.4, -0.2) is 18.9 Å². The Morgan fingerprint density at radius 3 is 2.31 bits per heavy atom. The second-order valence-electron chi connectivity index (χ2n) is 3.90. The summed E-state index contributed by atoms with van der Waals surface area (Å²) in [5, 5.41) is 3.22. The number of carbonyl (C=O) groups excluding carboxylic acids is 1. The van der Waals surface area contributed by atoms with E-state index >= 15 is 0 Å². The highest BCUT2D eigenvalue weighted by atomic mass is 79.9. The van der Waals surface area contributed by atoms with Crippen molar-refractivity contribution >= 4 is 22.8 Å². The summed E-state index contributed by atoms with van der Waals surface area (Å²) in [4.78, 5) is 12.0. The molecule has 1 N–H and O–H groups in total. The van der Waals surface area contributed by atoms with E-state index in [1.54, 1.807) is 12.1 Å². The summed E-state index contributed by atoms with van der Waals surface area (Å²) in [7, 11) is 0. The third-order valence-corrected chi connectivity index (χ3v) is 2.84. The van der Waals surface area contributed by atoms with Crippen molar-refractivity contribution in [2.75, 3.05) is 13.1 Å². The van der Waals surface area contributed by atoms with Crippen LogP contribution in [0.1, 0.15) is 23.2 Å². The summed E-state index contributed by atoms with van der Waals surface area (Å²) in [6.07, 6.45) is 1.77. The van der Waals surface area contributed by atoms with Gasteiger partial charge in [0.05, 0.1) is 0 Å². The fourth-order valence-corrected chi connectivity index (χ4v) is 1.93. The van der Waals surface area contributed by atoms with Gasteiger partial charge in [-0.15, -0.1) is 17.0 Å². The summed E-state index contributed by atoms with van der Waals surface area (Å²) in [6.45, 7) is 1.80. The number of carbonyl (C=O) groups is 1. The van der Waals surface area contributed by atoms with E-state index in [0.29, 0.717) is 5.56 Å². The van der Waals surface area contributed by atoms with E-state index < -0.39 is 0 Å². The van der Waals surface area contributed by atoms with Crippen LogP contribution in [0.4, 0.5) is 4.39 Å². The van der Waals surface area contributed by atoms with E-state index in [-0.39, 0.29) is 34.5 Å². The molecule has 1 aliphatic heterocycles. The molecular weight excluding hydrogens is 273 g/mol. The first kappa shape index (κ1) is 13.3. The molecule has 1 heterocycles. The Morgan fingerprint density at radius 2 is 1.75 bits per heavy atom. The molecule has 1 aromatic rings. The highest BCUT2D eigenvalue weighted by Crippen LogP contribution is 2.18. The standard InChI is InChI=1S/C12H14FNO.BrH/c13-11-3-1-9(2-4-11)12(15)10-5-7-14-8-6-10;/h1-4,10,14H,5-8H2;1H. The van der Waals surface area contributed by atoms with Gasteiger partial charge in [-0.1, -0.05) is 0 Å². The molecule has 0 aromatic heterocycles. The number of rotatable bonds is 2. The molecule has 1 saturated heterocycles. The lowest BCUT2D eigenvalue weighted by molar-refractivity contribution is 0.0895. The van der Waals surface area contributed by atoms with E-state index in [0.717, 1.165) is 25.9 Å². The van der Waals surface area contributed by atoms with Gasteiger partial charge in [0.15, 0.2) is 5.78 Å². The number of halogens is 2. The Hall–Kier alpha value is -0.740. The number of nitrogens with one attached hydrogen (secondary N) is 1. The number of ketones is 1. The van der Waals surface area contributed by atoms with Crippen molar-refractivity contribution in [1.82, 2.24) is 5.32 Å². The molecule has 2 nitrogen and oxygen atoms in total. The highest BCUT2D eigenvalue weighted by Gasteiger charge is 2.21. The first-order valence-electron chi connectivity index (χ1n) is 5.28. The molecule has 0 saturated carbocycles. The number of piperidine rings is 1. The van der Waals surface area contributed by atoms with Gasteiger partial charge in [-0.3, -0.25) is 4.79 Å². The fourth-order valence-electron chi connectivity index (χ4n) is 1.93. The molecule has 2 rings (SSSR count). The topological polar surface area (TPSA) is 29.1 Å². The largest absolute Gasteiger partial charge is 0.317 e. The Kier molecular flexibility index (Phi) is 5.09. The van der Waals surface area contributed by atoms with E-state index in [4.69, 9.17) is 0 Å². The van der Waals surface area contributed by atoms with Crippen LogP contribution >= 0.6 is 17.0 Å². The number of hydrogen-bond acceptors (Lipinski definition) is 2. The molecule has 0 aliphatic carbocycles. The van der Waals surface area contributed by atoms with Crippen LogP contribution < -0.4 is 5.32 Å². The van der Waals surface area contributed by atoms with Gasteiger partial charge in [-0.05, 0) is 50.2 Å². The van der Waals surface area contributed by atoms with Crippen molar-refractivity contribution in [2.24, 2.45) is 5.92 Å². The minimum absolute atomic E-state index is 0. The predicted octanol–water partition coefficient (Wildman–Crippen LogP) is 2.59. The minimum Gasteiger partial charge on any atom is -0.317 e. The minimum atomic E-state index is -0.295. The van der Waals surface area contributed by atoms with E-state index in [1.807, 2.05) is 0 Å². The lowest BCUT2D eigenvalue weighted by Crippen LogP contribution is -2.31. The highest BCUT2D eigenvalue weighted by molar-refractivity contribution is 8.93. The molecule has 1 fully saturated rings. The molecule has 0 unspecified atom stereocenters. The van der Waals surface area contributed by atoms with E-state index in [1.165, 1.54) is 12.1 Å². The van der Waals surface area contributed by atoms with Gasteiger partial charge >= 0.3 is 0 Å². The zero-order chi connectivity index (χ0) is 10.7. The average Bonchev–Trinajstić information content (AvgIpc) is 2.30. The van der Waals surface area contributed by atoms with Crippen molar-refractivity contribution in [2.45, 2.75) is 12.8 Å². The zero-order valence-corrected chi connectivity index (χ0v) is 10.6. The molecule has 0 amide bonds. The predicted molar refractivity (Wildman–Crippen MR) is 66.6 cm³/mol. The first-order chi connectivity index (χ1) is 7.27.